The van der Waals surface area contributed by atoms with E-state index in [4.69, 9.17) is 0 Å². The Morgan fingerprint density at radius 1 is 1.15 bits per heavy atom. The van der Waals surface area contributed by atoms with Crippen LogP contribution in [0.2, 0.25) is 0 Å². The Labute approximate surface area is 174 Å². The molecule has 5 nitrogen and oxygen atoms in total. The lowest BCUT2D eigenvalue weighted by Crippen LogP contribution is -2.37. The van der Waals surface area contributed by atoms with Crippen molar-refractivity contribution in [2.24, 2.45) is 4.99 Å². The van der Waals surface area contributed by atoms with Crippen molar-refractivity contribution < 1.29 is 9.18 Å². The predicted octanol–water partition coefficient (Wildman–Crippen LogP) is 3.76. The molecule has 0 fully saturated rings. The van der Waals surface area contributed by atoms with E-state index in [1.54, 1.807) is 23.5 Å². The number of nitrogens with zero attached hydrogens (tertiary/aromatic N) is 1. The lowest BCUT2D eigenvalue weighted by Gasteiger charge is -2.10. The third kappa shape index (κ3) is 7.69. The number of carbonyl (C=O) groups is 1. The van der Waals surface area contributed by atoms with E-state index >= 15 is 0 Å². The van der Waals surface area contributed by atoms with Gasteiger partial charge in [0.1, 0.15) is 12.4 Å². The highest BCUT2D eigenvalue weighted by atomic mass is 127. The first kappa shape index (κ1) is 22.4. The molecule has 0 saturated carbocycles. The molecule has 1 aromatic carbocycles. The molecule has 0 spiro atoms. The Kier molecular flexibility index (Phi) is 10.2. The maximum absolute atomic E-state index is 13.1. The van der Waals surface area contributed by atoms with Crippen molar-refractivity contribution in [2.75, 3.05) is 18.4 Å². The zero-order chi connectivity index (χ0) is 18.1. The Bertz CT molecular complexity index is 735. The summed E-state index contributed by atoms with van der Waals surface area (Å²) in [6.07, 6.45) is 1.03. The fourth-order valence-electron chi connectivity index (χ4n) is 2.14. The number of nitrogens with one attached hydrogen (secondary N) is 3. The largest absolute Gasteiger partial charge is 0.357 e. The highest BCUT2D eigenvalue weighted by molar-refractivity contribution is 14.0. The van der Waals surface area contributed by atoms with Crippen LogP contribution < -0.4 is 16.0 Å². The molecule has 142 valence electrons. The summed E-state index contributed by atoms with van der Waals surface area (Å²) in [6, 6.07) is 10.00. The van der Waals surface area contributed by atoms with E-state index in [-0.39, 0.29) is 36.4 Å². The van der Waals surface area contributed by atoms with Gasteiger partial charge in [-0.15, -0.1) is 35.3 Å². The molecule has 1 aromatic heterocycles. The van der Waals surface area contributed by atoms with E-state index in [2.05, 4.69) is 40.0 Å². The van der Waals surface area contributed by atoms with Crippen LogP contribution in [0.1, 0.15) is 23.6 Å². The second-order valence-corrected chi connectivity index (χ2v) is 6.58. The van der Waals surface area contributed by atoms with Crippen LogP contribution in [0, 0.1) is 5.82 Å². The summed E-state index contributed by atoms with van der Waals surface area (Å²) in [4.78, 5) is 18.8. The first-order valence-corrected chi connectivity index (χ1v) is 9.07. The molecular weight excluding hydrogens is 466 g/mol. The molecule has 1 amide bonds. The molecule has 8 heteroatoms. The number of hydrogen-bond acceptors (Lipinski definition) is 3. The van der Waals surface area contributed by atoms with Crippen molar-refractivity contribution in [2.45, 2.75) is 26.8 Å². The quantitative estimate of drug-likeness (QED) is 0.315. The van der Waals surface area contributed by atoms with Gasteiger partial charge < -0.3 is 16.0 Å². The highest BCUT2D eigenvalue weighted by Gasteiger charge is 2.05. The molecule has 1 heterocycles. The Morgan fingerprint density at radius 3 is 2.58 bits per heavy atom. The van der Waals surface area contributed by atoms with Crippen LogP contribution in [0.4, 0.5) is 10.1 Å². The molecular formula is C18H24FIN4OS. The molecule has 2 rings (SSSR count). The summed E-state index contributed by atoms with van der Waals surface area (Å²) in [7, 11) is 0. The summed E-state index contributed by atoms with van der Waals surface area (Å²) in [5, 5.41) is 8.94. The number of amides is 1. The topological polar surface area (TPSA) is 65.5 Å². The van der Waals surface area contributed by atoms with E-state index in [1.807, 2.05) is 6.92 Å². The number of hydrogen-bond donors (Lipinski definition) is 3. The molecule has 0 saturated heterocycles. The average Bonchev–Trinajstić information content (AvgIpc) is 3.05. The molecule has 0 bridgehead atoms. The van der Waals surface area contributed by atoms with E-state index in [0.717, 1.165) is 6.42 Å². The van der Waals surface area contributed by atoms with Crippen LogP contribution in [0.25, 0.3) is 0 Å². The van der Waals surface area contributed by atoms with Crippen molar-refractivity contribution >= 4 is 52.9 Å². The fraction of sp³-hybridized carbons (Fsp3) is 0.333. The van der Waals surface area contributed by atoms with Crippen molar-refractivity contribution in [3.8, 4) is 0 Å². The molecule has 0 aliphatic rings. The van der Waals surface area contributed by atoms with Crippen LogP contribution in [-0.2, 0) is 17.8 Å². The molecule has 0 atom stereocenters. The zero-order valence-electron chi connectivity index (χ0n) is 14.8. The SMILES string of the molecule is CCNC(=NCC(=O)Nc1cccc(F)c1)NCc1ccc(CC)s1.I. The summed E-state index contributed by atoms with van der Waals surface area (Å²) in [5.74, 6) is -0.116. The van der Waals surface area contributed by atoms with Crippen LogP contribution in [0.5, 0.6) is 0 Å². The van der Waals surface area contributed by atoms with Gasteiger partial charge in [0.25, 0.3) is 0 Å². The monoisotopic (exact) mass is 490 g/mol. The van der Waals surface area contributed by atoms with Crippen molar-refractivity contribution in [3.05, 3.63) is 52.0 Å². The highest BCUT2D eigenvalue weighted by Crippen LogP contribution is 2.16. The van der Waals surface area contributed by atoms with E-state index in [0.29, 0.717) is 24.7 Å². The number of carbonyl (C=O) groups excluding carboxylic acids is 1. The minimum Gasteiger partial charge on any atom is -0.357 e. The minimum absolute atomic E-state index is 0. The molecule has 0 aliphatic carbocycles. The van der Waals surface area contributed by atoms with E-state index in [1.165, 1.54) is 21.9 Å². The second-order valence-electron chi connectivity index (χ2n) is 5.33. The van der Waals surface area contributed by atoms with Gasteiger partial charge in [-0.2, -0.15) is 0 Å². The summed E-state index contributed by atoms with van der Waals surface area (Å²) in [6.45, 7) is 5.40. The first-order chi connectivity index (χ1) is 12.1. The number of thiophene rings is 1. The normalized spacial score (nSPS) is 10.8. The molecule has 2 aromatic rings. The number of anilines is 1. The van der Waals surface area contributed by atoms with Gasteiger partial charge in [0.2, 0.25) is 5.91 Å². The first-order valence-electron chi connectivity index (χ1n) is 8.26. The van der Waals surface area contributed by atoms with Gasteiger partial charge in [0.05, 0.1) is 6.54 Å². The Balaban J connectivity index is 0.00000338. The molecule has 3 N–H and O–H groups in total. The number of benzene rings is 1. The lowest BCUT2D eigenvalue weighted by molar-refractivity contribution is -0.114. The molecule has 0 unspecified atom stereocenters. The number of guanidine groups is 1. The van der Waals surface area contributed by atoms with Gasteiger partial charge in [-0.1, -0.05) is 13.0 Å². The number of halogens is 2. The summed E-state index contributed by atoms with van der Waals surface area (Å²) < 4.78 is 13.1. The van der Waals surface area contributed by atoms with Crippen LogP contribution in [0.15, 0.2) is 41.4 Å². The maximum Gasteiger partial charge on any atom is 0.246 e. The predicted molar refractivity (Wildman–Crippen MR) is 117 cm³/mol. The van der Waals surface area contributed by atoms with Crippen molar-refractivity contribution in [3.63, 3.8) is 0 Å². The third-order valence-electron chi connectivity index (χ3n) is 3.33. The number of aryl methyl sites for hydroxylation is 1. The summed E-state index contributed by atoms with van der Waals surface area (Å²) in [5.41, 5.74) is 0.420. The van der Waals surface area contributed by atoms with Gasteiger partial charge >= 0.3 is 0 Å². The fourth-order valence-corrected chi connectivity index (χ4v) is 3.04. The van der Waals surface area contributed by atoms with Crippen LogP contribution in [0.3, 0.4) is 0 Å². The molecule has 26 heavy (non-hydrogen) atoms. The van der Waals surface area contributed by atoms with Gasteiger partial charge in [0.15, 0.2) is 5.96 Å². The van der Waals surface area contributed by atoms with Gasteiger partial charge in [0, 0.05) is 22.0 Å². The van der Waals surface area contributed by atoms with E-state index < -0.39 is 5.82 Å². The maximum atomic E-state index is 13.1. The Morgan fingerprint density at radius 2 is 1.92 bits per heavy atom. The van der Waals surface area contributed by atoms with Gasteiger partial charge in [-0.05, 0) is 43.7 Å². The average molecular weight is 490 g/mol. The van der Waals surface area contributed by atoms with Crippen molar-refractivity contribution in [1.82, 2.24) is 10.6 Å². The number of aliphatic imine (C=N–C) groups is 1. The van der Waals surface area contributed by atoms with Gasteiger partial charge in [-0.25, -0.2) is 9.38 Å². The Hall–Kier alpha value is -1.68. The summed E-state index contributed by atoms with van der Waals surface area (Å²) >= 11 is 1.76. The van der Waals surface area contributed by atoms with E-state index in [9.17, 15) is 9.18 Å². The molecule has 0 radical (unpaired) electrons. The minimum atomic E-state index is -0.390. The van der Waals surface area contributed by atoms with Crippen molar-refractivity contribution in [1.29, 1.82) is 0 Å². The third-order valence-corrected chi connectivity index (χ3v) is 4.56. The van der Waals surface area contributed by atoms with Gasteiger partial charge in [-0.3, -0.25) is 4.79 Å². The van der Waals surface area contributed by atoms with Crippen LogP contribution in [-0.4, -0.2) is 25.0 Å². The standard InChI is InChI=1S/C18H23FN4OS.HI/c1-3-15-8-9-16(25-15)11-21-18(20-4-2)22-12-17(24)23-14-7-5-6-13(19)10-14;/h5-10H,3-4,11-12H2,1-2H3,(H,23,24)(H2,20,21,22);1H. The smallest absolute Gasteiger partial charge is 0.246 e. The zero-order valence-corrected chi connectivity index (χ0v) is 18.0. The second kappa shape index (κ2) is 11.8. The molecule has 0 aliphatic heterocycles. The lowest BCUT2D eigenvalue weighted by atomic mass is 10.3. The number of rotatable bonds is 7. The van der Waals surface area contributed by atoms with Crippen LogP contribution >= 0.6 is 35.3 Å².